The summed E-state index contributed by atoms with van der Waals surface area (Å²) in [5.74, 6) is -3.69. The number of rotatable bonds is 1. The van der Waals surface area contributed by atoms with Gasteiger partial charge in [-0.3, -0.25) is 0 Å². The Labute approximate surface area is 91.7 Å². The Balaban J connectivity index is 3.33. The number of nitriles is 1. The first-order chi connectivity index (χ1) is 7.26. The van der Waals surface area contributed by atoms with Crippen LogP contribution in [0.5, 0.6) is 0 Å². The molecule has 1 rings (SSSR count). The molecule has 0 aromatic heterocycles. The van der Waals surface area contributed by atoms with Crippen molar-refractivity contribution in [2.45, 2.75) is 26.3 Å². The van der Waals surface area contributed by atoms with Crippen LogP contribution in [0.25, 0.3) is 0 Å². The molecule has 0 amide bonds. The smallest absolute Gasteiger partial charge is 0.186 e. The molecule has 0 saturated heterocycles. The van der Waals surface area contributed by atoms with Gasteiger partial charge in [0.25, 0.3) is 0 Å². The molecule has 0 radical (unpaired) electrons. The maximum Gasteiger partial charge on any atom is 0.186 e. The SMILES string of the molecule is CC(C)(C)Nc1c(F)cc(C#N)c(F)c1F. The number of halogens is 3. The molecule has 1 aromatic rings. The zero-order chi connectivity index (χ0) is 12.5. The van der Waals surface area contributed by atoms with Gasteiger partial charge in [0.05, 0.1) is 5.56 Å². The molecule has 0 unspecified atom stereocenters. The average molecular weight is 228 g/mol. The molecule has 1 N–H and O–H groups in total. The van der Waals surface area contributed by atoms with E-state index in [-0.39, 0.29) is 0 Å². The van der Waals surface area contributed by atoms with Crippen molar-refractivity contribution in [1.29, 1.82) is 5.26 Å². The molecule has 0 aliphatic carbocycles. The van der Waals surface area contributed by atoms with Crippen LogP contribution in [0.4, 0.5) is 18.9 Å². The van der Waals surface area contributed by atoms with Crippen LogP contribution >= 0.6 is 0 Å². The Hall–Kier alpha value is -1.70. The van der Waals surface area contributed by atoms with E-state index in [4.69, 9.17) is 5.26 Å². The highest BCUT2D eigenvalue weighted by molar-refractivity contribution is 5.52. The molecule has 0 saturated carbocycles. The Morgan fingerprint density at radius 3 is 2.19 bits per heavy atom. The minimum absolute atomic E-state index is 0.552. The Morgan fingerprint density at radius 2 is 1.75 bits per heavy atom. The van der Waals surface area contributed by atoms with Gasteiger partial charge in [-0.1, -0.05) is 0 Å². The van der Waals surface area contributed by atoms with E-state index in [2.05, 4.69) is 5.32 Å². The van der Waals surface area contributed by atoms with Crippen LogP contribution in [0.3, 0.4) is 0 Å². The van der Waals surface area contributed by atoms with Gasteiger partial charge in [-0.05, 0) is 26.8 Å². The van der Waals surface area contributed by atoms with Crippen molar-refractivity contribution in [2.75, 3.05) is 5.32 Å². The lowest BCUT2D eigenvalue weighted by Gasteiger charge is -2.23. The van der Waals surface area contributed by atoms with Gasteiger partial charge in [0.1, 0.15) is 11.8 Å². The Bertz CT molecular complexity index is 456. The monoisotopic (exact) mass is 228 g/mol. The summed E-state index contributed by atoms with van der Waals surface area (Å²) < 4.78 is 40.0. The third-order valence-corrected chi connectivity index (χ3v) is 1.78. The first-order valence-electron chi connectivity index (χ1n) is 4.62. The molecule has 1 aromatic carbocycles. The summed E-state index contributed by atoms with van der Waals surface area (Å²) in [5, 5.41) is 11.0. The van der Waals surface area contributed by atoms with Crippen LogP contribution in [0.1, 0.15) is 26.3 Å². The van der Waals surface area contributed by atoms with E-state index in [1.54, 1.807) is 20.8 Å². The largest absolute Gasteiger partial charge is 0.376 e. The minimum atomic E-state index is -1.37. The molecule has 0 aliphatic rings. The van der Waals surface area contributed by atoms with Crippen molar-refractivity contribution in [2.24, 2.45) is 0 Å². The van der Waals surface area contributed by atoms with E-state index in [1.807, 2.05) is 0 Å². The van der Waals surface area contributed by atoms with E-state index in [0.29, 0.717) is 6.07 Å². The third-order valence-electron chi connectivity index (χ3n) is 1.78. The van der Waals surface area contributed by atoms with Gasteiger partial charge < -0.3 is 5.32 Å². The molecule has 86 valence electrons. The van der Waals surface area contributed by atoms with Gasteiger partial charge in [0, 0.05) is 5.54 Å². The molecule has 0 heterocycles. The van der Waals surface area contributed by atoms with Crippen LogP contribution in [0.2, 0.25) is 0 Å². The summed E-state index contributed by atoms with van der Waals surface area (Å²) in [6.07, 6.45) is 0. The number of benzene rings is 1. The van der Waals surface area contributed by atoms with Crippen molar-refractivity contribution < 1.29 is 13.2 Å². The van der Waals surface area contributed by atoms with Crippen molar-refractivity contribution in [1.82, 2.24) is 0 Å². The van der Waals surface area contributed by atoms with E-state index < -0.39 is 34.2 Å². The van der Waals surface area contributed by atoms with E-state index in [9.17, 15) is 13.2 Å². The van der Waals surface area contributed by atoms with E-state index in [1.165, 1.54) is 6.07 Å². The average Bonchev–Trinajstić information content (AvgIpc) is 2.17. The van der Waals surface area contributed by atoms with Gasteiger partial charge in [-0.15, -0.1) is 0 Å². The van der Waals surface area contributed by atoms with Crippen LogP contribution in [0, 0.1) is 28.8 Å². The quantitative estimate of drug-likeness (QED) is 0.749. The summed E-state index contributed by atoms with van der Waals surface area (Å²) in [4.78, 5) is 0. The highest BCUT2D eigenvalue weighted by Gasteiger charge is 2.22. The van der Waals surface area contributed by atoms with Crippen LogP contribution < -0.4 is 5.32 Å². The van der Waals surface area contributed by atoms with Crippen molar-refractivity contribution in [3.63, 3.8) is 0 Å². The van der Waals surface area contributed by atoms with Crippen molar-refractivity contribution in [3.8, 4) is 6.07 Å². The maximum absolute atomic E-state index is 13.4. The summed E-state index contributed by atoms with van der Waals surface area (Å²) in [7, 11) is 0. The van der Waals surface area contributed by atoms with E-state index in [0.717, 1.165) is 0 Å². The van der Waals surface area contributed by atoms with Gasteiger partial charge in [0.15, 0.2) is 17.5 Å². The fraction of sp³-hybridized carbons (Fsp3) is 0.364. The predicted molar refractivity (Wildman–Crippen MR) is 54.4 cm³/mol. The summed E-state index contributed by atoms with van der Waals surface area (Å²) in [5.41, 5.74) is -1.80. The van der Waals surface area contributed by atoms with Crippen LogP contribution in [0.15, 0.2) is 6.07 Å². The third kappa shape index (κ3) is 2.45. The number of anilines is 1. The molecule has 0 fully saturated rings. The highest BCUT2D eigenvalue weighted by Crippen LogP contribution is 2.26. The summed E-state index contributed by atoms with van der Waals surface area (Å²) >= 11 is 0. The maximum atomic E-state index is 13.4. The standard InChI is InChI=1S/C11H11F3N2/c1-11(2,3)16-10-7(12)4-6(5-15)8(13)9(10)14/h4,16H,1-3H3. The second kappa shape index (κ2) is 4.05. The lowest BCUT2D eigenvalue weighted by atomic mass is 10.1. The molecule has 2 nitrogen and oxygen atoms in total. The summed E-state index contributed by atoms with van der Waals surface area (Å²) in [6.45, 7) is 5.05. The predicted octanol–water partition coefficient (Wildman–Crippen LogP) is 3.19. The first-order valence-corrected chi connectivity index (χ1v) is 4.62. The topological polar surface area (TPSA) is 35.8 Å². The van der Waals surface area contributed by atoms with Gasteiger partial charge in [0.2, 0.25) is 0 Å². The normalized spacial score (nSPS) is 11.1. The van der Waals surface area contributed by atoms with Crippen molar-refractivity contribution in [3.05, 3.63) is 29.1 Å². The van der Waals surface area contributed by atoms with Gasteiger partial charge in [-0.25, -0.2) is 13.2 Å². The Morgan fingerprint density at radius 1 is 1.19 bits per heavy atom. The van der Waals surface area contributed by atoms with Gasteiger partial charge in [-0.2, -0.15) is 5.26 Å². The second-order valence-corrected chi connectivity index (χ2v) is 4.40. The number of nitrogens with one attached hydrogen (secondary N) is 1. The first kappa shape index (κ1) is 12.4. The highest BCUT2D eigenvalue weighted by atomic mass is 19.2. The van der Waals surface area contributed by atoms with Crippen molar-refractivity contribution >= 4 is 5.69 Å². The molecule has 0 spiro atoms. The molecular formula is C11H11F3N2. The minimum Gasteiger partial charge on any atom is -0.376 e. The fourth-order valence-corrected chi connectivity index (χ4v) is 1.17. The number of hydrogen-bond acceptors (Lipinski definition) is 2. The van der Waals surface area contributed by atoms with Gasteiger partial charge >= 0.3 is 0 Å². The van der Waals surface area contributed by atoms with E-state index >= 15 is 0 Å². The molecule has 5 heteroatoms. The molecular weight excluding hydrogens is 217 g/mol. The zero-order valence-electron chi connectivity index (χ0n) is 9.16. The van der Waals surface area contributed by atoms with Crippen LogP contribution in [-0.2, 0) is 0 Å². The zero-order valence-corrected chi connectivity index (χ0v) is 9.16. The lowest BCUT2D eigenvalue weighted by molar-refractivity contribution is 0.489. The molecule has 0 bridgehead atoms. The number of nitrogens with zero attached hydrogens (tertiary/aromatic N) is 1. The second-order valence-electron chi connectivity index (χ2n) is 4.40. The molecule has 16 heavy (non-hydrogen) atoms. The molecule has 0 atom stereocenters. The summed E-state index contributed by atoms with van der Waals surface area (Å²) in [6, 6.07) is 2.06. The fourth-order valence-electron chi connectivity index (χ4n) is 1.17. The van der Waals surface area contributed by atoms with Crippen LogP contribution in [-0.4, -0.2) is 5.54 Å². The Kier molecular flexibility index (Phi) is 3.13. The lowest BCUT2D eigenvalue weighted by Crippen LogP contribution is -2.27. The molecule has 0 aliphatic heterocycles. The number of hydrogen-bond donors (Lipinski definition) is 1.